The third-order valence-electron chi connectivity index (χ3n) is 6.43. The lowest BCUT2D eigenvalue weighted by Crippen LogP contribution is -2.48. The topological polar surface area (TPSA) is 59.3 Å². The number of aromatic nitrogens is 4. The smallest absolute Gasteiger partial charge is 0.173 e. The molecule has 2 aromatic carbocycles. The zero-order valence-corrected chi connectivity index (χ0v) is 18.2. The van der Waals surface area contributed by atoms with E-state index in [0.29, 0.717) is 17.9 Å². The van der Waals surface area contributed by atoms with Gasteiger partial charge in [-0.05, 0) is 34.9 Å². The van der Waals surface area contributed by atoms with Gasteiger partial charge in [-0.3, -0.25) is 9.80 Å². The van der Waals surface area contributed by atoms with Crippen molar-refractivity contribution in [1.29, 1.82) is 0 Å². The molecule has 32 heavy (non-hydrogen) atoms. The summed E-state index contributed by atoms with van der Waals surface area (Å²) >= 11 is 0. The van der Waals surface area contributed by atoms with E-state index in [4.69, 9.17) is 4.74 Å². The van der Waals surface area contributed by atoms with Gasteiger partial charge in [0, 0.05) is 44.9 Å². The van der Waals surface area contributed by atoms with Gasteiger partial charge in [-0.15, -0.1) is 5.10 Å². The fourth-order valence-corrected chi connectivity index (χ4v) is 4.74. The molecule has 5 rings (SSSR count). The van der Waals surface area contributed by atoms with Gasteiger partial charge in [0.1, 0.15) is 11.9 Å². The zero-order valence-electron chi connectivity index (χ0n) is 18.2. The normalized spacial score (nSPS) is 21.1. The quantitative estimate of drug-likeness (QED) is 0.568. The van der Waals surface area contributed by atoms with Crippen LogP contribution in [0.4, 0.5) is 4.39 Å². The SMILES string of the molecule is Fc1ccccc1C(c1nnnn1CC1CCCO1)N1CCN(Cc2ccccc2)CC1. The largest absolute Gasteiger partial charge is 0.376 e. The van der Waals surface area contributed by atoms with Crippen molar-refractivity contribution < 1.29 is 9.13 Å². The Morgan fingerprint density at radius 2 is 1.78 bits per heavy atom. The summed E-state index contributed by atoms with van der Waals surface area (Å²) in [5, 5.41) is 12.6. The molecule has 8 heteroatoms. The summed E-state index contributed by atoms with van der Waals surface area (Å²) in [6.45, 7) is 5.76. The van der Waals surface area contributed by atoms with E-state index in [0.717, 1.165) is 52.2 Å². The molecule has 7 nitrogen and oxygen atoms in total. The Kier molecular flexibility index (Phi) is 6.52. The fourth-order valence-electron chi connectivity index (χ4n) is 4.74. The first-order chi connectivity index (χ1) is 15.8. The first kappa shape index (κ1) is 21.2. The van der Waals surface area contributed by atoms with Crippen molar-refractivity contribution in [2.75, 3.05) is 32.8 Å². The van der Waals surface area contributed by atoms with Gasteiger partial charge in [0.05, 0.1) is 12.6 Å². The third kappa shape index (κ3) is 4.72. The molecule has 168 valence electrons. The standard InChI is InChI=1S/C24H29FN6O/c25-22-11-5-4-10-21(22)23(24-26-27-28-31(24)18-20-9-6-16-32-20)30-14-12-29(13-15-30)17-19-7-2-1-3-8-19/h1-5,7-8,10-11,20,23H,6,9,12-18H2. The van der Waals surface area contributed by atoms with Gasteiger partial charge in [-0.25, -0.2) is 9.07 Å². The second-order valence-electron chi connectivity index (χ2n) is 8.58. The highest BCUT2D eigenvalue weighted by molar-refractivity contribution is 5.27. The molecule has 0 bridgehead atoms. The summed E-state index contributed by atoms with van der Waals surface area (Å²) in [6, 6.07) is 17.2. The van der Waals surface area contributed by atoms with Gasteiger partial charge in [-0.2, -0.15) is 0 Å². The van der Waals surface area contributed by atoms with Crippen LogP contribution in [-0.2, 0) is 17.8 Å². The minimum Gasteiger partial charge on any atom is -0.376 e. The highest BCUT2D eigenvalue weighted by Crippen LogP contribution is 2.30. The molecule has 2 unspecified atom stereocenters. The van der Waals surface area contributed by atoms with Gasteiger partial charge < -0.3 is 4.74 Å². The number of rotatable bonds is 7. The van der Waals surface area contributed by atoms with E-state index >= 15 is 0 Å². The lowest BCUT2D eigenvalue weighted by Gasteiger charge is -2.39. The second-order valence-corrected chi connectivity index (χ2v) is 8.58. The minimum absolute atomic E-state index is 0.112. The summed E-state index contributed by atoms with van der Waals surface area (Å²) in [5.74, 6) is 0.456. The van der Waals surface area contributed by atoms with E-state index in [-0.39, 0.29) is 18.0 Å². The van der Waals surface area contributed by atoms with Crippen LogP contribution in [0, 0.1) is 5.82 Å². The zero-order chi connectivity index (χ0) is 21.8. The van der Waals surface area contributed by atoms with E-state index < -0.39 is 0 Å². The van der Waals surface area contributed by atoms with Crippen LogP contribution in [0.1, 0.15) is 35.8 Å². The summed E-state index contributed by atoms with van der Waals surface area (Å²) in [4.78, 5) is 4.75. The predicted octanol–water partition coefficient (Wildman–Crippen LogP) is 2.90. The maximum absolute atomic E-state index is 14.9. The number of halogens is 1. The van der Waals surface area contributed by atoms with Crippen LogP contribution in [-0.4, -0.2) is 68.9 Å². The van der Waals surface area contributed by atoms with Gasteiger partial charge in [0.15, 0.2) is 5.82 Å². The maximum Gasteiger partial charge on any atom is 0.173 e. The first-order valence-electron chi connectivity index (χ1n) is 11.4. The Morgan fingerprint density at radius 3 is 2.53 bits per heavy atom. The summed E-state index contributed by atoms with van der Waals surface area (Å²) in [5.41, 5.74) is 1.93. The minimum atomic E-state index is -0.327. The van der Waals surface area contributed by atoms with Crippen LogP contribution in [0.25, 0.3) is 0 Å². The Labute approximate surface area is 187 Å². The van der Waals surface area contributed by atoms with Crippen molar-refractivity contribution in [2.24, 2.45) is 0 Å². The molecule has 2 aliphatic rings. The van der Waals surface area contributed by atoms with E-state index in [1.165, 1.54) is 11.6 Å². The Bertz CT molecular complexity index is 998. The van der Waals surface area contributed by atoms with Gasteiger partial charge >= 0.3 is 0 Å². The van der Waals surface area contributed by atoms with Crippen molar-refractivity contribution >= 4 is 0 Å². The van der Waals surface area contributed by atoms with E-state index in [2.05, 4.69) is 49.6 Å². The van der Waals surface area contributed by atoms with Crippen LogP contribution in [0.3, 0.4) is 0 Å². The van der Waals surface area contributed by atoms with Crippen LogP contribution < -0.4 is 0 Å². The Morgan fingerprint density at radius 1 is 1.00 bits per heavy atom. The highest BCUT2D eigenvalue weighted by Gasteiger charge is 2.33. The Hall–Kier alpha value is -2.68. The molecule has 0 radical (unpaired) electrons. The number of nitrogens with zero attached hydrogens (tertiary/aromatic N) is 6. The molecule has 2 fully saturated rings. The van der Waals surface area contributed by atoms with Gasteiger partial charge in [0.25, 0.3) is 0 Å². The molecule has 1 aromatic heterocycles. The lowest BCUT2D eigenvalue weighted by atomic mass is 10.0. The van der Waals surface area contributed by atoms with Crippen LogP contribution in [0.5, 0.6) is 0 Å². The van der Waals surface area contributed by atoms with Gasteiger partial charge in [-0.1, -0.05) is 48.5 Å². The molecule has 0 saturated carbocycles. The Balaban J connectivity index is 1.36. The average Bonchev–Trinajstić information content (AvgIpc) is 3.50. The molecule has 0 aliphatic carbocycles. The number of benzene rings is 2. The molecule has 0 spiro atoms. The average molecular weight is 437 g/mol. The number of tetrazole rings is 1. The van der Waals surface area contributed by atoms with Crippen molar-refractivity contribution in [1.82, 2.24) is 30.0 Å². The lowest BCUT2D eigenvalue weighted by molar-refractivity contribution is 0.0836. The molecule has 0 N–H and O–H groups in total. The summed E-state index contributed by atoms with van der Waals surface area (Å²) < 4.78 is 22.6. The number of hydrogen-bond donors (Lipinski definition) is 0. The highest BCUT2D eigenvalue weighted by atomic mass is 19.1. The van der Waals surface area contributed by atoms with Gasteiger partial charge in [0.2, 0.25) is 0 Å². The first-order valence-corrected chi connectivity index (χ1v) is 11.4. The number of hydrogen-bond acceptors (Lipinski definition) is 6. The summed E-state index contributed by atoms with van der Waals surface area (Å²) in [7, 11) is 0. The molecule has 3 heterocycles. The van der Waals surface area contributed by atoms with Crippen molar-refractivity contribution in [3.8, 4) is 0 Å². The summed E-state index contributed by atoms with van der Waals surface area (Å²) in [6.07, 6.45) is 2.17. The molecule has 2 saturated heterocycles. The molecule has 0 amide bonds. The molecular formula is C24H29FN6O. The maximum atomic E-state index is 14.9. The van der Waals surface area contributed by atoms with E-state index in [1.807, 2.05) is 22.9 Å². The molecular weight excluding hydrogens is 407 g/mol. The third-order valence-corrected chi connectivity index (χ3v) is 6.43. The van der Waals surface area contributed by atoms with Crippen LogP contribution >= 0.6 is 0 Å². The number of ether oxygens (including phenoxy) is 1. The second kappa shape index (κ2) is 9.85. The van der Waals surface area contributed by atoms with Crippen molar-refractivity contribution in [2.45, 2.75) is 38.1 Å². The van der Waals surface area contributed by atoms with E-state index in [9.17, 15) is 4.39 Å². The predicted molar refractivity (Wildman–Crippen MR) is 118 cm³/mol. The van der Waals surface area contributed by atoms with Crippen LogP contribution in [0.2, 0.25) is 0 Å². The van der Waals surface area contributed by atoms with E-state index in [1.54, 1.807) is 6.07 Å². The monoisotopic (exact) mass is 436 g/mol. The molecule has 2 aliphatic heterocycles. The van der Waals surface area contributed by atoms with Crippen molar-refractivity contribution in [3.05, 3.63) is 77.4 Å². The molecule has 2 atom stereocenters. The van der Waals surface area contributed by atoms with Crippen molar-refractivity contribution in [3.63, 3.8) is 0 Å². The molecule has 3 aromatic rings. The fraction of sp³-hybridized carbons (Fsp3) is 0.458. The number of piperazine rings is 1. The van der Waals surface area contributed by atoms with Crippen LogP contribution in [0.15, 0.2) is 54.6 Å².